The fraction of sp³-hybridized carbons (Fsp3) is 0.533. The molecule has 0 fully saturated rings. The molecule has 130 valence electrons. The molecule has 1 rings (SSSR count). The van der Waals surface area contributed by atoms with Crippen molar-refractivity contribution < 1.29 is 13.2 Å². The molecule has 0 radical (unpaired) electrons. The summed E-state index contributed by atoms with van der Waals surface area (Å²) < 4.78 is 27.4. The van der Waals surface area contributed by atoms with Crippen LogP contribution in [0.15, 0.2) is 29.2 Å². The quantitative estimate of drug-likeness (QED) is 0.536. The number of carbonyl (C=O) groups is 1. The number of amides is 1. The minimum absolute atomic E-state index is 0.167. The van der Waals surface area contributed by atoms with Crippen LogP contribution in [-0.4, -0.2) is 52.5 Å². The van der Waals surface area contributed by atoms with Crippen molar-refractivity contribution in [2.45, 2.75) is 24.3 Å². The van der Waals surface area contributed by atoms with Gasteiger partial charge in [-0.2, -0.15) is 16.5 Å². The first kappa shape index (κ1) is 20.0. The average molecular weight is 360 g/mol. The maximum Gasteiger partial charge on any atom is 0.241 e. The van der Waals surface area contributed by atoms with E-state index in [1.54, 1.807) is 43.1 Å². The first-order valence-corrected chi connectivity index (χ1v) is 10.3. The Hall–Kier alpha value is -1.09. The molecule has 0 heterocycles. The molecule has 0 saturated heterocycles. The number of aryl methyl sites for hydroxylation is 1. The minimum Gasteiger partial charge on any atom is -0.353 e. The molecule has 23 heavy (non-hydrogen) atoms. The molecule has 6 nitrogen and oxygen atoms in total. The summed E-state index contributed by atoms with van der Waals surface area (Å²) >= 11 is 1.57. The Morgan fingerprint density at radius 2 is 1.87 bits per heavy atom. The van der Waals surface area contributed by atoms with Crippen LogP contribution in [0, 0.1) is 6.92 Å². The summed E-state index contributed by atoms with van der Waals surface area (Å²) in [5, 5.41) is 5.67. The van der Waals surface area contributed by atoms with Gasteiger partial charge in [-0.1, -0.05) is 17.7 Å². The SMILES string of the molecule is CNCCNC(=O)C(CCSC)NS(=O)(=O)c1ccc(C)cc1. The molecular weight excluding hydrogens is 334 g/mol. The van der Waals surface area contributed by atoms with Crippen molar-refractivity contribution in [2.75, 3.05) is 32.1 Å². The molecular formula is C15H25N3O3S2. The third-order valence-corrected chi connectivity index (χ3v) is 5.36. The molecule has 0 bridgehead atoms. The molecule has 0 spiro atoms. The number of nitrogens with one attached hydrogen (secondary N) is 3. The van der Waals surface area contributed by atoms with Crippen LogP contribution in [-0.2, 0) is 14.8 Å². The average Bonchev–Trinajstić information content (AvgIpc) is 2.52. The highest BCUT2D eigenvalue weighted by atomic mass is 32.2. The van der Waals surface area contributed by atoms with Crippen molar-refractivity contribution in [3.63, 3.8) is 0 Å². The van der Waals surface area contributed by atoms with Crippen molar-refractivity contribution in [1.82, 2.24) is 15.4 Å². The van der Waals surface area contributed by atoms with Crippen molar-refractivity contribution in [2.24, 2.45) is 0 Å². The van der Waals surface area contributed by atoms with E-state index in [-0.39, 0.29) is 10.8 Å². The van der Waals surface area contributed by atoms with Crippen LogP contribution in [0.25, 0.3) is 0 Å². The molecule has 0 aromatic heterocycles. The number of carbonyl (C=O) groups excluding carboxylic acids is 1. The van der Waals surface area contributed by atoms with Gasteiger partial charge in [0.2, 0.25) is 15.9 Å². The zero-order valence-corrected chi connectivity index (χ0v) is 15.4. The summed E-state index contributed by atoms with van der Waals surface area (Å²) in [5.41, 5.74) is 0.979. The lowest BCUT2D eigenvalue weighted by atomic mass is 10.2. The molecule has 1 atom stereocenters. The van der Waals surface area contributed by atoms with Crippen LogP contribution in [0.2, 0.25) is 0 Å². The Bertz CT molecular complexity index is 588. The van der Waals surface area contributed by atoms with Crippen LogP contribution < -0.4 is 15.4 Å². The zero-order valence-electron chi connectivity index (χ0n) is 13.8. The number of rotatable bonds is 10. The minimum atomic E-state index is -3.72. The maximum absolute atomic E-state index is 12.4. The van der Waals surface area contributed by atoms with E-state index in [1.165, 1.54) is 0 Å². The summed E-state index contributed by atoms with van der Waals surface area (Å²) in [4.78, 5) is 12.4. The molecule has 1 aromatic rings. The van der Waals surface area contributed by atoms with Crippen molar-refractivity contribution in [3.05, 3.63) is 29.8 Å². The number of hydrogen-bond donors (Lipinski definition) is 3. The fourth-order valence-electron chi connectivity index (χ4n) is 1.89. The van der Waals surface area contributed by atoms with Crippen LogP contribution in [0.5, 0.6) is 0 Å². The highest BCUT2D eigenvalue weighted by molar-refractivity contribution is 7.98. The molecule has 1 aromatic carbocycles. The van der Waals surface area contributed by atoms with Crippen LogP contribution >= 0.6 is 11.8 Å². The van der Waals surface area contributed by atoms with Gasteiger partial charge in [0.05, 0.1) is 4.90 Å². The van der Waals surface area contributed by atoms with E-state index in [1.807, 2.05) is 13.2 Å². The number of likely N-dealkylation sites (N-methyl/N-ethyl adjacent to an activating group) is 1. The Kier molecular flexibility index (Phi) is 8.60. The summed E-state index contributed by atoms with van der Waals surface area (Å²) in [6.45, 7) is 2.98. The normalized spacial score (nSPS) is 12.8. The second-order valence-corrected chi connectivity index (χ2v) is 7.86. The van der Waals surface area contributed by atoms with Crippen LogP contribution in [0.3, 0.4) is 0 Å². The highest BCUT2D eigenvalue weighted by Crippen LogP contribution is 2.12. The summed E-state index contributed by atoms with van der Waals surface area (Å²) in [6.07, 6.45) is 2.36. The van der Waals surface area contributed by atoms with Gasteiger partial charge in [0, 0.05) is 13.1 Å². The Balaban J connectivity index is 2.81. The first-order chi connectivity index (χ1) is 10.9. The van der Waals surface area contributed by atoms with Gasteiger partial charge in [0.15, 0.2) is 0 Å². The Labute approximate surface area is 142 Å². The van der Waals surface area contributed by atoms with Gasteiger partial charge in [-0.25, -0.2) is 8.42 Å². The largest absolute Gasteiger partial charge is 0.353 e. The van der Waals surface area contributed by atoms with Gasteiger partial charge in [-0.05, 0) is 44.5 Å². The summed E-state index contributed by atoms with van der Waals surface area (Å²) in [6, 6.07) is 5.78. The molecule has 0 aliphatic heterocycles. The van der Waals surface area contributed by atoms with E-state index >= 15 is 0 Å². The predicted molar refractivity (Wildman–Crippen MR) is 95.2 cm³/mol. The highest BCUT2D eigenvalue weighted by Gasteiger charge is 2.25. The predicted octanol–water partition coefficient (Wildman–Crippen LogP) is 0.731. The van der Waals surface area contributed by atoms with Gasteiger partial charge in [0.25, 0.3) is 0 Å². The lowest BCUT2D eigenvalue weighted by Gasteiger charge is -2.18. The van der Waals surface area contributed by atoms with E-state index < -0.39 is 16.1 Å². The molecule has 1 amide bonds. The number of benzene rings is 1. The smallest absolute Gasteiger partial charge is 0.241 e. The fourth-order valence-corrected chi connectivity index (χ4v) is 3.59. The third kappa shape index (κ3) is 6.90. The summed E-state index contributed by atoms with van der Waals surface area (Å²) in [7, 11) is -1.93. The van der Waals surface area contributed by atoms with Crippen LogP contribution in [0.1, 0.15) is 12.0 Å². The third-order valence-electron chi connectivity index (χ3n) is 3.23. The van der Waals surface area contributed by atoms with Crippen molar-refractivity contribution >= 4 is 27.7 Å². The molecule has 0 saturated carbocycles. The van der Waals surface area contributed by atoms with E-state index in [2.05, 4.69) is 15.4 Å². The van der Waals surface area contributed by atoms with E-state index in [0.717, 1.165) is 5.56 Å². The van der Waals surface area contributed by atoms with Crippen molar-refractivity contribution in [3.8, 4) is 0 Å². The first-order valence-electron chi connectivity index (χ1n) is 7.41. The van der Waals surface area contributed by atoms with Gasteiger partial charge in [-0.15, -0.1) is 0 Å². The van der Waals surface area contributed by atoms with Crippen LogP contribution in [0.4, 0.5) is 0 Å². The van der Waals surface area contributed by atoms with Crippen molar-refractivity contribution in [1.29, 1.82) is 0 Å². The van der Waals surface area contributed by atoms with Gasteiger partial charge in [-0.3, -0.25) is 4.79 Å². The Morgan fingerprint density at radius 1 is 1.22 bits per heavy atom. The monoisotopic (exact) mass is 359 g/mol. The van der Waals surface area contributed by atoms with E-state index in [4.69, 9.17) is 0 Å². The molecule has 0 aliphatic rings. The molecule has 3 N–H and O–H groups in total. The topological polar surface area (TPSA) is 87.3 Å². The van der Waals surface area contributed by atoms with E-state index in [9.17, 15) is 13.2 Å². The Morgan fingerprint density at radius 3 is 2.43 bits per heavy atom. The van der Waals surface area contributed by atoms with Gasteiger partial charge < -0.3 is 10.6 Å². The molecule has 0 aliphatic carbocycles. The lowest BCUT2D eigenvalue weighted by molar-refractivity contribution is -0.122. The second kappa shape index (κ2) is 9.92. The number of hydrogen-bond acceptors (Lipinski definition) is 5. The standard InChI is InChI=1S/C15H25N3O3S2/c1-12-4-6-13(7-5-12)23(20,21)18-14(8-11-22-3)15(19)17-10-9-16-2/h4-7,14,16,18H,8-11H2,1-3H3,(H,17,19). The van der Waals surface area contributed by atoms with Gasteiger partial charge >= 0.3 is 0 Å². The lowest BCUT2D eigenvalue weighted by Crippen LogP contribution is -2.48. The maximum atomic E-state index is 12.4. The summed E-state index contributed by atoms with van der Waals surface area (Å²) in [5.74, 6) is 0.394. The van der Waals surface area contributed by atoms with Gasteiger partial charge in [0.1, 0.15) is 6.04 Å². The molecule has 8 heteroatoms. The number of thioether (sulfide) groups is 1. The second-order valence-electron chi connectivity index (χ2n) is 5.16. The zero-order chi connectivity index (χ0) is 17.3. The molecule has 1 unspecified atom stereocenters. The van der Waals surface area contributed by atoms with E-state index in [0.29, 0.717) is 25.3 Å². The number of sulfonamides is 1.